The van der Waals surface area contributed by atoms with Crippen molar-refractivity contribution in [3.05, 3.63) is 65.1 Å². The summed E-state index contributed by atoms with van der Waals surface area (Å²) >= 11 is 0. The van der Waals surface area contributed by atoms with Crippen molar-refractivity contribution in [1.29, 1.82) is 0 Å². The minimum absolute atomic E-state index is 0.249. The van der Waals surface area contributed by atoms with Crippen molar-refractivity contribution in [3.63, 3.8) is 0 Å². The number of hydrogen-bond donors (Lipinski definition) is 1. The number of carbonyl (C=O) groups excluding carboxylic acids is 1. The lowest BCUT2D eigenvalue weighted by Gasteiger charge is -2.12. The van der Waals surface area contributed by atoms with Crippen LogP contribution >= 0.6 is 0 Å². The van der Waals surface area contributed by atoms with Gasteiger partial charge in [-0.2, -0.15) is 5.10 Å². The highest BCUT2D eigenvalue weighted by atomic mass is 19.1. The molecule has 0 unspecified atom stereocenters. The van der Waals surface area contributed by atoms with Crippen molar-refractivity contribution in [2.24, 2.45) is 0 Å². The SMILES string of the molecule is C[C@@H](NC(=O)c1onc2c1CCCC2)c1cnn(-c2ccc(F)cc2)c1. The number of benzene rings is 1. The molecule has 2 aromatic heterocycles. The third kappa shape index (κ3) is 3.12. The van der Waals surface area contributed by atoms with E-state index in [-0.39, 0.29) is 17.8 Å². The van der Waals surface area contributed by atoms with Crippen LogP contribution in [0.2, 0.25) is 0 Å². The summed E-state index contributed by atoms with van der Waals surface area (Å²) < 4.78 is 20.0. The van der Waals surface area contributed by atoms with E-state index in [1.54, 1.807) is 23.0 Å². The molecule has 0 spiro atoms. The Morgan fingerprint density at radius 2 is 2.04 bits per heavy atom. The van der Waals surface area contributed by atoms with E-state index in [1.165, 1.54) is 12.1 Å². The van der Waals surface area contributed by atoms with Crippen molar-refractivity contribution in [1.82, 2.24) is 20.3 Å². The maximum Gasteiger partial charge on any atom is 0.290 e. The van der Waals surface area contributed by atoms with E-state index in [1.807, 2.05) is 13.1 Å². The van der Waals surface area contributed by atoms with Crippen LogP contribution in [0.25, 0.3) is 5.69 Å². The smallest absolute Gasteiger partial charge is 0.290 e. The summed E-state index contributed by atoms with van der Waals surface area (Å²) in [6.45, 7) is 1.88. The van der Waals surface area contributed by atoms with Crippen LogP contribution in [0.1, 0.15) is 53.2 Å². The van der Waals surface area contributed by atoms with Gasteiger partial charge in [0.05, 0.1) is 23.6 Å². The Bertz CT molecular complexity index is 929. The monoisotopic (exact) mass is 354 g/mol. The topological polar surface area (TPSA) is 73.0 Å². The Labute approximate surface area is 150 Å². The number of fused-ring (bicyclic) bond motifs is 1. The molecule has 3 aromatic rings. The molecule has 1 aromatic carbocycles. The summed E-state index contributed by atoms with van der Waals surface area (Å²) in [7, 11) is 0. The maximum absolute atomic E-state index is 13.0. The molecule has 0 saturated carbocycles. The molecular weight excluding hydrogens is 335 g/mol. The van der Waals surface area contributed by atoms with Crippen LogP contribution < -0.4 is 5.32 Å². The summed E-state index contributed by atoms with van der Waals surface area (Å²) in [5.74, 6) is -0.239. The molecule has 0 radical (unpaired) electrons. The van der Waals surface area contributed by atoms with E-state index in [2.05, 4.69) is 15.6 Å². The fourth-order valence-corrected chi connectivity index (χ4v) is 3.21. The van der Waals surface area contributed by atoms with Crippen molar-refractivity contribution in [2.45, 2.75) is 38.6 Å². The zero-order valence-electron chi connectivity index (χ0n) is 14.4. The van der Waals surface area contributed by atoms with Crippen LogP contribution in [-0.2, 0) is 12.8 Å². The van der Waals surface area contributed by atoms with Crippen molar-refractivity contribution < 1.29 is 13.7 Å². The second-order valence-electron chi connectivity index (χ2n) is 6.53. The van der Waals surface area contributed by atoms with Crippen LogP contribution in [0.5, 0.6) is 0 Å². The summed E-state index contributed by atoms with van der Waals surface area (Å²) in [5, 5.41) is 11.2. The fraction of sp³-hybridized carbons (Fsp3) is 0.316. The van der Waals surface area contributed by atoms with Gasteiger partial charge in [-0.3, -0.25) is 4.79 Å². The average molecular weight is 354 g/mol. The van der Waals surface area contributed by atoms with E-state index in [4.69, 9.17) is 4.52 Å². The first-order chi connectivity index (χ1) is 12.6. The number of hydrogen-bond acceptors (Lipinski definition) is 4. The molecule has 2 heterocycles. The molecule has 1 aliphatic carbocycles. The molecule has 1 N–H and O–H groups in total. The normalized spacial score (nSPS) is 14.7. The van der Waals surface area contributed by atoms with Gasteiger partial charge >= 0.3 is 0 Å². The highest BCUT2D eigenvalue weighted by Crippen LogP contribution is 2.24. The van der Waals surface area contributed by atoms with Gasteiger partial charge in [0.15, 0.2) is 0 Å². The van der Waals surface area contributed by atoms with E-state index in [0.29, 0.717) is 5.76 Å². The predicted octanol–water partition coefficient (Wildman–Crippen LogP) is 3.37. The highest BCUT2D eigenvalue weighted by Gasteiger charge is 2.25. The summed E-state index contributed by atoms with van der Waals surface area (Å²) in [6, 6.07) is 5.82. The van der Waals surface area contributed by atoms with Gasteiger partial charge in [0.1, 0.15) is 5.82 Å². The predicted molar refractivity (Wildman–Crippen MR) is 92.5 cm³/mol. The zero-order valence-corrected chi connectivity index (χ0v) is 14.4. The fourth-order valence-electron chi connectivity index (χ4n) is 3.21. The highest BCUT2D eigenvalue weighted by molar-refractivity contribution is 5.93. The molecule has 134 valence electrons. The van der Waals surface area contributed by atoms with Crippen molar-refractivity contribution >= 4 is 5.91 Å². The van der Waals surface area contributed by atoms with E-state index in [9.17, 15) is 9.18 Å². The quantitative estimate of drug-likeness (QED) is 0.780. The van der Waals surface area contributed by atoms with Gasteiger partial charge in [-0.15, -0.1) is 0 Å². The van der Waals surface area contributed by atoms with E-state index in [0.717, 1.165) is 48.2 Å². The first-order valence-corrected chi connectivity index (χ1v) is 8.70. The summed E-state index contributed by atoms with van der Waals surface area (Å²) in [4.78, 5) is 12.6. The summed E-state index contributed by atoms with van der Waals surface area (Å²) in [5.41, 5.74) is 3.43. The number of halogens is 1. The third-order valence-corrected chi connectivity index (χ3v) is 4.71. The number of aromatic nitrogens is 3. The number of aryl methyl sites for hydroxylation is 1. The molecule has 0 fully saturated rings. The Morgan fingerprint density at radius 3 is 2.85 bits per heavy atom. The zero-order chi connectivity index (χ0) is 18.1. The van der Waals surface area contributed by atoms with Gasteiger partial charge in [0.25, 0.3) is 5.91 Å². The van der Waals surface area contributed by atoms with Crippen LogP contribution in [0.4, 0.5) is 4.39 Å². The Hall–Kier alpha value is -2.96. The molecular formula is C19H19FN4O2. The maximum atomic E-state index is 13.0. The lowest BCUT2D eigenvalue weighted by Crippen LogP contribution is -2.27. The molecule has 6 nitrogen and oxygen atoms in total. The number of nitrogens with one attached hydrogen (secondary N) is 1. The first-order valence-electron chi connectivity index (χ1n) is 8.70. The van der Waals surface area contributed by atoms with Crippen LogP contribution in [-0.4, -0.2) is 20.8 Å². The molecule has 1 aliphatic rings. The average Bonchev–Trinajstić information content (AvgIpc) is 3.30. The molecule has 0 saturated heterocycles. The van der Waals surface area contributed by atoms with Crippen LogP contribution in [0.15, 0.2) is 41.2 Å². The molecule has 1 atom stereocenters. The number of rotatable bonds is 4. The molecule has 0 aliphatic heterocycles. The second-order valence-corrected chi connectivity index (χ2v) is 6.53. The Kier molecular flexibility index (Phi) is 4.28. The molecule has 26 heavy (non-hydrogen) atoms. The van der Waals surface area contributed by atoms with E-state index >= 15 is 0 Å². The van der Waals surface area contributed by atoms with Gasteiger partial charge in [-0.05, 0) is 56.9 Å². The van der Waals surface area contributed by atoms with Gasteiger partial charge in [-0.1, -0.05) is 5.16 Å². The lowest BCUT2D eigenvalue weighted by molar-refractivity contribution is 0.0901. The third-order valence-electron chi connectivity index (χ3n) is 4.71. The molecule has 0 bridgehead atoms. The molecule has 1 amide bonds. The largest absolute Gasteiger partial charge is 0.350 e. The Morgan fingerprint density at radius 1 is 1.27 bits per heavy atom. The molecule has 7 heteroatoms. The van der Waals surface area contributed by atoms with Gasteiger partial charge < -0.3 is 9.84 Å². The minimum atomic E-state index is -0.294. The first kappa shape index (κ1) is 16.5. The van der Waals surface area contributed by atoms with Crippen LogP contribution in [0, 0.1) is 5.82 Å². The Balaban J connectivity index is 1.48. The van der Waals surface area contributed by atoms with Gasteiger partial charge in [-0.25, -0.2) is 9.07 Å². The van der Waals surface area contributed by atoms with Gasteiger partial charge in [0.2, 0.25) is 5.76 Å². The standard InChI is InChI=1S/C19H19FN4O2/c1-12(13-10-21-24(11-13)15-8-6-14(20)7-9-15)22-19(25)18-16-4-2-3-5-17(16)23-26-18/h6-12H,2-5H2,1H3,(H,22,25)/t12-/m1/s1. The summed E-state index contributed by atoms with van der Waals surface area (Å²) in [6.07, 6.45) is 7.33. The number of nitrogens with zero attached hydrogens (tertiary/aromatic N) is 3. The van der Waals surface area contributed by atoms with Crippen molar-refractivity contribution in [3.8, 4) is 5.69 Å². The van der Waals surface area contributed by atoms with Crippen molar-refractivity contribution in [2.75, 3.05) is 0 Å². The lowest BCUT2D eigenvalue weighted by atomic mass is 9.96. The number of carbonyl (C=O) groups is 1. The van der Waals surface area contributed by atoms with Crippen LogP contribution in [0.3, 0.4) is 0 Å². The number of amides is 1. The minimum Gasteiger partial charge on any atom is -0.350 e. The second kappa shape index (κ2) is 6.74. The molecule has 4 rings (SSSR count). The van der Waals surface area contributed by atoms with Gasteiger partial charge in [0, 0.05) is 17.3 Å². The van der Waals surface area contributed by atoms with E-state index < -0.39 is 0 Å².